The third-order valence-corrected chi connectivity index (χ3v) is 6.32. The molecule has 0 spiro atoms. The first kappa shape index (κ1) is 25.6. The first-order valence-corrected chi connectivity index (χ1v) is 12.8. The van der Waals surface area contributed by atoms with Gasteiger partial charge in [-0.2, -0.15) is 0 Å². The lowest BCUT2D eigenvalue weighted by molar-refractivity contribution is 0.0505. The average Bonchev–Trinajstić information content (AvgIpc) is 2.98. The lowest BCUT2D eigenvalue weighted by atomic mass is 10.0. The molecule has 0 aliphatic heterocycles. The van der Waals surface area contributed by atoms with Crippen LogP contribution in [-0.4, -0.2) is 28.7 Å². The number of rotatable bonds is 8. The van der Waals surface area contributed by atoms with Gasteiger partial charge in [0.15, 0.2) is 5.82 Å². The second-order valence-corrected chi connectivity index (χ2v) is 9.13. The van der Waals surface area contributed by atoms with E-state index in [9.17, 15) is 9.59 Å². The molecule has 39 heavy (non-hydrogen) atoms. The number of hydrogen-bond donors (Lipinski definition) is 2. The molecule has 4 aromatic carbocycles. The van der Waals surface area contributed by atoms with Crippen LogP contribution in [0.4, 0.5) is 17.2 Å². The van der Waals surface area contributed by atoms with Gasteiger partial charge in [0, 0.05) is 33.3 Å². The highest BCUT2D eigenvalue weighted by atomic mass is 16.5. The smallest absolute Gasteiger partial charge is 0.338 e. The van der Waals surface area contributed by atoms with Crippen LogP contribution in [0, 0.1) is 6.92 Å². The highest BCUT2D eigenvalue weighted by Gasteiger charge is 2.14. The number of aryl methyl sites for hydroxylation is 1. The standard InChI is InChI=1S/C32H28N4O3/c1-3-20-39-32(38)24-14-12-22(13-15-24)29-26-9-5-6-10-27(26)30(36-35-29)33-25-18-16-23(17-19-25)31(37)34-28-11-7-4-8-21(28)2/h4-19H,3,20H2,1-2H3,(H,33,36)(H,34,37). The lowest BCUT2D eigenvalue weighted by Crippen LogP contribution is -2.12. The molecule has 5 aromatic rings. The Morgan fingerprint density at radius 2 is 1.44 bits per heavy atom. The third-order valence-electron chi connectivity index (χ3n) is 6.32. The Balaban J connectivity index is 1.35. The largest absolute Gasteiger partial charge is 0.462 e. The van der Waals surface area contributed by atoms with Crippen molar-refractivity contribution in [1.29, 1.82) is 0 Å². The molecule has 1 heterocycles. The Hall–Kier alpha value is -5.04. The Labute approximate surface area is 226 Å². The van der Waals surface area contributed by atoms with Crippen molar-refractivity contribution in [1.82, 2.24) is 10.2 Å². The van der Waals surface area contributed by atoms with Crippen LogP contribution >= 0.6 is 0 Å². The minimum absolute atomic E-state index is 0.171. The number of hydrogen-bond acceptors (Lipinski definition) is 6. The maximum absolute atomic E-state index is 12.7. The van der Waals surface area contributed by atoms with Crippen molar-refractivity contribution >= 4 is 39.8 Å². The maximum atomic E-state index is 12.7. The molecule has 0 bridgehead atoms. The van der Waals surface area contributed by atoms with Crippen LogP contribution in [0.5, 0.6) is 0 Å². The molecular weight excluding hydrogens is 488 g/mol. The van der Waals surface area contributed by atoms with Gasteiger partial charge in [0.05, 0.1) is 12.2 Å². The molecule has 0 aliphatic rings. The molecule has 194 valence electrons. The topological polar surface area (TPSA) is 93.2 Å². The monoisotopic (exact) mass is 516 g/mol. The summed E-state index contributed by atoms with van der Waals surface area (Å²) < 4.78 is 5.22. The zero-order chi connectivity index (χ0) is 27.2. The van der Waals surface area contributed by atoms with Crippen LogP contribution in [0.15, 0.2) is 97.1 Å². The molecule has 5 rings (SSSR count). The number of esters is 1. The highest BCUT2D eigenvalue weighted by molar-refractivity contribution is 6.05. The first-order valence-electron chi connectivity index (χ1n) is 12.8. The van der Waals surface area contributed by atoms with E-state index in [1.165, 1.54) is 0 Å². The number of benzene rings is 4. The third kappa shape index (κ3) is 5.78. The second-order valence-electron chi connectivity index (χ2n) is 9.13. The number of ether oxygens (including phenoxy) is 1. The van der Waals surface area contributed by atoms with Crippen molar-refractivity contribution in [3.8, 4) is 11.3 Å². The van der Waals surface area contributed by atoms with Crippen molar-refractivity contribution in [3.63, 3.8) is 0 Å². The molecule has 0 atom stereocenters. The van der Waals surface area contributed by atoms with Crippen LogP contribution in [0.2, 0.25) is 0 Å². The summed E-state index contributed by atoms with van der Waals surface area (Å²) >= 11 is 0. The highest BCUT2D eigenvalue weighted by Crippen LogP contribution is 2.31. The molecule has 1 aromatic heterocycles. The number of carbonyl (C=O) groups is 2. The predicted octanol–water partition coefficient (Wildman–Crippen LogP) is 7.17. The molecule has 1 amide bonds. The van der Waals surface area contributed by atoms with Crippen molar-refractivity contribution in [2.24, 2.45) is 0 Å². The van der Waals surface area contributed by atoms with E-state index in [2.05, 4.69) is 20.8 Å². The van der Waals surface area contributed by atoms with Gasteiger partial charge in [-0.25, -0.2) is 4.79 Å². The van der Waals surface area contributed by atoms with E-state index < -0.39 is 0 Å². The van der Waals surface area contributed by atoms with E-state index in [1.807, 2.05) is 86.6 Å². The van der Waals surface area contributed by atoms with Crippen LogP contribution < -0.4 is 10.6 Å². The number of fused-ring (bicyclic) bond motifs is 1. The maximum Gasteiger partial charge on any atom is 0.338 e. The zero-order valence-electron chi connectivity index (χ0n) is 21.8. The molecule has 7 heteroatoms. The van der Waals surface area contributed by atoms with Gasteiger partial charge in [0.2, 0.25) is 0 Å². The van der Waals surface area contributed by atoms with Crippen LogP contribution in [-0.2, 0) is 4.74 Å². The summed E-state index contributed by atoms with van der Waals surface area (Å²) in [6.45, 7) is 4.31. The number of aromatic nitrogens is 2. The number of anilines is 3. The lowest BCUT2D eigenvalue weighted by Gasteiger charge is -2.12. The van der Waals surface area contributed by atoms with E-state index in [0.717, 1.165) is 39.7 Å². The normalized spacial score (nSPS) is 10.7. The molecular formula is C32H28N4O3. The summed E-state index contributed by atoms with van der Waals surface area (Å²) in [4.78, 5) is 24.9. The molecule has 0 unspecified atom stereocenters. The average molecular weight is 517 g/mol. The zero-order valence-corrected chi connectivity index (χ0v) is 21.8. The fourth-order valence-electron chi connectivity index (χ4n) is 4.20. The molecule has 0 saturated carbocycles. The number of carbonyl (C=O) groups excluding carboxylic acids is 2. The Bertz CT molecular complexity index is 1630. The van der Waals surface area contributed by atoms with Gasteiger partial charge in [-0.05, 0) is 61.4 Å². The summed E-state index contributed by atoms with van der Waals surface area (Å²) in [5.74, 6) is 0.0962. The Morgan fingerprint density at radius 1 is 0.769 bits per heavy atom. The van der Waals surface area contributed by atoms with Crippen molar-refractivity contribution in [2.45, 2.75) is 20.3 Å². The van der Waals surface area contributed by atoms with Crippen LogP contribution in [0.1, 0.15) is 39.6 Å². The van der Waals surface area contributed by atoms with Gasteiger partial charge in [-0.1, -0.05) is 61.5 Å². The summed E-state index contributed by atoms with van der Waals surface area (Å²) in [7, 11) is 0. The van der Waals surface area contributed by atoms with Crippen LogP contribution in [0.25, 0.3) is 22.0 Å². The number of para-hydroxylation sites is 1. The first-order chi connectivity index (χ1) is 19.0. The van der Waals surface area contributed by atoms with Crippen molar-refractivity contribution in [2.75, 3.05) is 17.2 Å². The second kappa shape index (κ2) is 11.6. The van der Waals surface area contributed by atoms with E-state index in [-0.39, 0.29) is 11.9 Å². The summed E-state index contributed by atoms with van der Waals surface area (Å²) in [5.41, 5.74) is 5.19. The van der Waals surface area contributed by atoms with E-state index in [0.29, 0.717) is 29.2 Å². The Morgan fingerprint density at radius 3 is 2.15 bits per heavy atom. The van der Waals surface area contributed by atoms with Gasteiger partial charge in [-0.15, -0.1) is 10.2 Å². The van der Waals surface area contributed by atoms with Gasteiger partial charge in [0.1, 0.15) is 5.69 Å². The Kier molecular flexibility index (Phi) is 7.59. The minimum atomic E-state index is -0.336. The number of nitrogens with zero attached hydrogens (tertiary/aromatic N) is 2. The SMILES string of the molecule is CCCOC(=O)c1ccc(-c2nnc(Nc3ccc(C(=O)Nc4ccccc4C)cc3)c3ccccc23)cc1. The fourth-order valence-corrected chi connectivity index (χ4v) is 4.20. The molecule has 7 nitrogen and oxygen atoms in total. The molecule has 2 N–H and O–H groups in total. The van der Waals surface area contributed by atoms with Crippen molar-refractivity contribution in [3.05, 3.63) is 114 Å². The minimum Gasteiger partial charge on any atom is -0.462 e. The molecule has 0 radical (unpaired) electrons. The summed E-state index contributed by atoms with van der Waals surface area (Å²) in [6, 6.07) is 30.0. The van der Waals surface area contributed by atoms with Gasteiger partial charge < -0.3 is 15.4 Å². The van der Waals surface area contributed by atoms with Crippen LogP contribution in [0.3, 0.4) is 0 Å². The van der Waals surface area contributed by atoms with E-state index in [4.69, 9.17) is 4.74 Å². The number of nitrogens with one attached hydrogen (secondary N) is 2. The molecule has 0 saturated heterocycles. The molecule has 0 fully saturated rings. The predicted molar refractivity (Wildman–Crippen MR) is 154 cm³/mol. The van der Waals surface area contributed by atoms with Crippen molar-refractivity contribution < 1.29 is 14.3 Å². The quantitative estimate of drug-likeness (QED) is 0.212. The van der Waals surface area contributed by atoms with Gasteiger partial charge in [0.25, 0.3) is 5.91 Å². The summed E-state index contributed by atoms with van der Waals surface area (Å²) in [6.07, 6.45) is 0.777. The summed E-state index contributed by atoms with van der Waals surface area (Å²) in [5, 5.41) is 17.1. The van der Waals surface area contributed by atoms with Gasteiger partial charge in [-0.3, -0.25) is 4.79 Å². The van der Waals surface area contributed by atoms with E-state index >= 15 is 0 Å². The number of amides is 1. The van der Waals surface area contributed by atoms with Gasteiger partial charge >= 0.3 is 5.97 Å². The molecule has 0 aliphatic carbocycles. The fraction of sp³-hybridized carbons (Fsp3) is 0.125. The van der Waals surface area contributed by atoms with E-state index in [1.54, 1.807) is 24.3 Å².